The van der Waals surface area contributed by atoms with Crippen LogP contribution in [0, 0.1) is 0 Å². The quantitative estimate of drug-likeness (QED) is 0.611. The number of hydrogen-bond acceptors (Lipinski definition) is 5. The number of aromatic nitrogens is 4. The Morgan fingerprint density at radius 3 is 2.62 bits per heavy atom. The van der Waals surface area contributed by atoms with Gasteiger partial charge in [-0.1, -0.05) is 13.0 Å². The molecule has 0 bridgehead atoms. The maximum absolute atomic E-state index is 12.8. The third-order valence-corrected chi connectivity index (χ3v) is 4.03. The van der Waals surface area contributed by atoms with Gasteiger partial charge in [-0.3, -0.25) is 0 Å². The van der Waals surface area contributed by atoms with E-state index in [1.54, 1.807) is 6.20 Å². The van der Waals surface area contributed by atoms with Crippen LogP contribution in [0.4, 0.5) is 30.8 Å². The highest BCUT2D eigenvalue weighted by atomic mass is 19.4. The molecule has 2 heterocycles. The largest absolute Gasteiger partial charge is 0.416 e. The number of nitrogens with one attached hydrogen (secondary N) is 3. The zero-order chi connectivity index (χ0) is 18.9. The molecular weight excluding hydrogens is 345 g/mol. The third-order valence-electron chi connectivity index (χ3n) is 4.03. The number of H-pyrrole nitrogens is 1. The molecule has 0 amide bonds. The van der Waals surface area contributed by atoms with Crippen molar-refractivity contribution in [3.8, 4) is 0 Å². The lowest BCUT2D eigenvalue weighted by molar-refractivity contribution is -0.137. The fourth-order valence-corrected chi connectivity index (χ4v) is 2.23. The van der Waals surface area contributed by atoms with Crippen LogP contribution in [-0.4, -0.2) is 25.5 Å². The van der Waals surface area contributed by atoms with E-state index in [2.05, 4.69) is 37.5 Å². The Balaban J connectivity index is 1.84. The van der Waals surface area contributed by atoms with Crippen LogP contribution in [0.25, 0.3) is 11.2 Å². The van der Waals surface area contributed by atoms with Crippen LogP contribution in [0.15, 0.2) is 30.5 Å². The summed E-state index contributed by atoms with van der Waals surface area (Å²) in [6.07, 6.45) is -1.93. The predicted molar refractivity (Wildman–Crippen MR) is 94.4 cm³/mol. The standard InChI is InChI=1S/C17H19F3N6/c1-4-16(2,3)26-14-21-9-12-13(24-14)25-15(23-12)22-11-7-5-6-10(8-11)17(18,19)20/h5-9H,4H2,1-3H3,(H3,21,22,23,24,25,26). The lowest BCUT2D eigenvalue weighted by Gasteiger charge is -2.24. The van der Waals surface area contributed by atoms with E-state index in [9.17, 15) is 13.2 Å². The van der Waals surface area contributed by atoms with Gasteiger partial charge in [0.2, 0.25) is 11.9 Å². The second kappa shape index (κ2) is 6.47. The molecule has 0 saturated heterocycles. The first kappa shape index (κ1) is 18.0. The number of halogens is 3. The number of nitrogens with zero attached hydrogens (tertiary/aromatic N) is 3. The second-order valence-electron chi connectivity index (χ2n) is 6.58. The SMILES string of the molecule is CCC(C)(C)Nc1ncc2[nH]c(Nc3cccc(C(F)(F)F)c3)nc2n1. The highest BCUT2D eigenvalue weighted by Crippen LogP contribution is 2.31. The van der Waals surface area contributed by atoms with E-state index in [-0.39, 0.29) is 11.2 Å². The molecule has 0 aliphatic carbocycles. The van der Waals surface area contributed by atoms with E-state index in [0.29, 0.717) is 23.1 Å². The highest BCUT2D eigenvalue weighted by Gasteiger charge is 2.30. The molecule has 3 aromatic rings. The lowest BCUT2D eigenvalue weighted by Crippen LogP contribution is -2.30. The smallest absolute Gasteiger partial charge is 0.349 e. The van der Waals surface area contributed by atoms with E-state index >= 15 is 0 Å². The van der Waals surface area contributed by atoms with Crippen molar-refractivity contribution in [3.63, 3.8) is 0 Å². The third kappa shape index (κ3) is 4.04. The van der Waals surface area contributed by atoms with Crippen molar-refractivity contribution in [2.75, 3.05) is 10.6 Å². The minimum atomic E-state index is -4.40. The highest BCUT2D eigenvalue weighted by molar-refractivity contribution is 5.75. The molecular formula is C17H19F3N6. The molecule has 0 saturated carbocycles. The van der Waals surface area contributed by atoms with Gasteiger partial charge in [-0.15, -0.1) is 0 Å². The average Bonchev–Trinajstić information content (AvgIpc) is 2.95. The van der Waals surface area contributed by atoms with Gasteiger partial charge in [0.05, 0.1) is 11.8 Å². The molecule has 0 aliphatic rings. The summed E-state index contributed by atoms with van der Waals surface area (Å²) in [4.78, 5) is 15.8. The Morgan fingerprint density at radius 2 is 1.92 bits per heavy atom. The molecule has 0 radical (unpaired) electrons. The number of rotatable bonds is 5. The van der Waals surface area contributed by atoms with Gasteiger partial charge in [0.25, 0.3) is 0 Å². The summed E-state index contributed by atoms with van der Waals surface area (Å²) in [7, 11) is 0. The summed E-state index contributed by atoms with van der Waals surface area (Å²) in [6.45, 7) is 6.12. The lowest BCUT2D eigenvalue weighted by atomic mass is 10.0. The molecule has 26 heavy (non-hydrogen) atoms. The zero-order valence-corrected chi connectivity index (χ0v) is 14.6. The fourth-order valence-electron chi connectivity index (χ4n) is 2.23. The van der Waals surface area contributed by atoms with Gasteiger partial charge in [-0.2, -0.15) is 23.1 Å². The van der Waals surface area contributed by atoms with E-state index in [4.69, 9.17) is 0 Å². The number of anilines is 3. The molecule has 3 rings (SSSR count). The molecule has 6 nitrogen and oxygen atoms in total. The van der Waals surface area contributed by atoms with Crippen LogP contribution in [0.5, 0.6) is 0 Å². The van der Waals surface area contributed by atoms with Crippen LogP contribution >= 0.6 is 0 Å². The summed E-state index contributed by atoms with van der Waals surface area (Å²) in [5.41, 5.74) is 0.385. The van der Waals surface area contributed by atoms with Gasteiger partial charge >= 0.3 is 6.18 Å². The van der Waals surface area contributed by atoms with Crippen molar-refractivity contribution in [1.82, 2.24) is 19.9 Å². The second-order valence-corrected chi connectivity index (χ2v) is 6.58. The monoisotopic (exact) mass is 364 g/mol. The molecule has 3 N–H and O–H groups in total. The van der Waals surface area contributed by atoms with Crippen molar-refractivity contribution < 1.29 is 13.2 Å². The molecule has 138 valence electrons. The van der Waals surface area contributed by atoms with Crippen LogP contribution in [-0.2, 0) is 6.18 Å². The van der Waals surface area contributed by atoms with Crippen LogP contribution < -0.4 is 10.6 Å². The van der Waals surface area contributed by atoms with Gasteiger partial charge in [0.15, 0.2) is 5.65 Å². The number of fused-ring (bicyclic) bond motifs is 1. The Kier molecular flexibility index (Phi) is 4.47. The number of imidazole rings is 1. The predicted octanol–water partition coefficient (Wildman–Crippen LogP) is 4.72. The van der Waals surface area contributed by atoms with Gasteiger partial charge in [-0.25, -0.2) is 4.98 Å². The Bertz CT molecular complexity index is 916. The van der Waals surface area contributed by atoms with E-state index in [1.807, 2.05) is 13.8 Å². The molecule has 2 aromatic heterocycles. The normalized spacial score (nSPS) is 12.4. The molecule has 0 unspecified atom stereocenters. The first-order chi connectivity index (χ1) is 12.2. The van der Waals surface area contributed by atoms with Crippen LogP contribution in [0.3, 0.4) is 0 Å². The molecule has 1 aromatic carbocycles. The van der Waals surface area contributed by atoms with E-state index in [1.165, 1.54) is 12.1 Å². The molecule has 0 fully saturated rings. The number of hydrogen-bond donors (Lipinski definition) is 3. The van der Waals surface area contributed by atoms with Crippen molar-refractivity contribution in [2.45, 2.75) is 38.9 Å². The van der Waals surface area contributed by atoms with Gasteiger partial charge in [0.1, 0.15) is 5.52 Å². The topological polar surface area (TPSA) is 78.5 Å². The maximum atomic E-state index is 12.8. The van der Waals surface area contributed by atoms with Gasteiger partial charge in [-0.05, 0) is 38.5 Å². The minimum absolute atomic E-state index is 0.164. The summed E-state index contributed by atoms with van der Waals surface area (Å²) in [5.74, 6) is 0.738. The number of alkyl halides is 3. The molecule has 0 atom stereocenters. The Morgan fingerprint density at radius 1 is 1.15 bits per heavy atom. The van der Waals surface area contributed by atoms with Crippen LogP contribution in [0.2, 0.25) is 0 Å². The van der Waals surface area contributed by atoms with Crippen molar-refractivity contribution in [3.05, 3.63) is 36.0 Å². The first-order valence-electron chi connectivity index (χ1n) is 8.11. The van der Waals surface area contributed by atoms with Gasteiger partial charge in [0, 0.05) is 11.2 Å². The van der Waals surface area contributed by atoms with E-state index in [0.717, 1.165) is 18.6 Å². The molecule has 0 aliphatic heterocycles. The fraction of sp³-hybridized carbons (Fsp3) is 0.353. The Hall–Kier alpha value is -2.84. The molecule has 0 spiro atoms. The Labute approximate surface area is 148 Å². The minimum Gasteiger partial charge on any atom is -0.349 e. The number of aromatic amines is 1. The van der Waals surface area contributed by atoms with Crippen molar-refractivity contribution >= 4 is 28.7 Å². The number of benzene rings is 1. The van der Waals surface area contributed by atoms with Crippen molar-refractivity contribution in [2.24, 2.45) is 0 Å². The van der Waals surface area contributed by atoms with E-state index < -0.39 is 11.7 Å². The average molecular weight is 364 g/mol. The molecule has 9 heteroatoms. The van der Waals surface area contributed by atoms with Crippen molar-refractivity contribution in [1.29, 1.82) is 0 Å². The zero-order valence-electron chi connectivity index (χ0n) is 14.6. The first-order valence-corrected chi connectivity index (χ1v) is 8.11. The summed E-state index contributed by atoms with van der Waals surface area (Å²) >= 11 is 0. The summed E-state index contributed by atoms with van der Waals surface area (Å²) < 4.78 is 38.4. The van der Waals surface area contributed by atoms with Gasteiger partial charge < -0.3 is 15.6 Å². The van der Waals surface area contributed by atoms with Crippen LogP contribution in [0.1, 0.15) is 32.8 Å². The summed E-state index contributed by atoms with van der Waals surface area (Å²) in [6, 6.07) is 4.91. The maximum Gasteiger partial charge on any atom is 0.416 e. The summed E-state index contributed by atoms with van der Waals surface area (Å²) in [5, 5.41) is 6.05.